The maximum Gasteiger partial charge on any atom is 0.159 e. The van der Waals surface area contributed by atoms with E-state index in [0.29, 0.717) is 12.8 Å². The van der Waals surface area contributed by atoms with Crippen LogP contribution in [0.1, 0.15) is 50.5 Å². The summed E-state index contributed by atoms with van der Waals surface area (Å²) < 4.78 is 16.5. The van der Waals surface area contributed by atoms with Crippen LogP contribution in [0.4, 0.5) is 0 Å². The number of carbonyl (C=O) groups is 1. The minimum atomic E-state index is -0.0823. The molecule has 0 spiro atoms. The summed E-state index contributed by atoms with van der Waals surface area (Å²) in [6, 6.07) is 7.70. The van der Waals surface area contributed by atoms with Gasteiger partial charge in [0.25, 0.3) is 0 Å². The summed E-state index contributed by atoms with van der Waals surface area (Å²) in [5, 5.41) is 0. The van der Waals surface area contributed by atoms with E-state index in [9.17, 15) is 4.79 Å². The second kappa shape index (κ2) is 12.5. The highest BCUT2D eigenvalue weighted by atomic mass is 32.1. The van der Waals surface area contributed by atoms with Crippen molar-refractivity contribution in [3.05, 3.63) is 83.9 Å². The van der Waals surface area contributed by atoms with Gasteiger partial charge in [-0.05, 0) is 61.3 Å². The summed E-state index contributed by atoms with van der Waals surface area (Å²) >= 11 is 3.53. The summed E-state index contributed by atoms with van der Waals surface area (Å²) in [6.45, 7) is 5.95. The fourth-order valence-electron chi connectivity index (χ4n) is 4.14. The van der Waals surface area contributed by atoms with Crippen LogP contribution in [0.15, 0.2) is 81.3 Å². The number of aryl methyl sites for hydroxylation is 1. The van der Waals surface area contributed by atoms with E-state index in [2.05, 4.69) is 26.1 Å². The van der Waals surface area contributed by atoms with Crippen LogP contribution in [0.3, 0.4) is 0 Å². The molecule has 0 bridgehead atoms. The maximum atomic E-state index is 13.2. The molecule has 31 heavy (non-hydrogen) atoms. The predicted octanol–water partition coefficient (Wildman–Crippen LogP) is 6.76. The summed E-state index contributed by atoms with van der Waals surface area (Å²) in [6.07, 6.45) is 14.0. The topological polar surface area (TPSA) is 52.6 Å². The van der Waals surface area contributed by atoms with Crippen LogP contribution >= 0.6 is 12.6 Å². The first-order valence-corrected chi connectivity index (χ1v) is 11.5. The van der Waals surface area contributed by atoms with Gasteiger partial charge in [0.05, 0.1) is 25.4 Å². The quantitative estimate of drug-likeness (QED) is 0.251. The summed E-state index contributed by atoms with van der Waals surface area (Å²) in [5.74, 6) is 2.92. The van der Waals surface area contributed by atoms with Crippen LogP contribution in [0.25, 0.3) is 0 Å². The van der Waals surface area contributed by atoms with Gasteiger partial charge in [0.15, 0.2) is 5.78 Å². The molecule has 0 N–H and O–H groups in total. The van der Waals surface area contributed by atoms with Gasteiger partial charge in [-0.2, -0.15) is 12.6 Å². The van der Waals surface area contributed by atoms with Crippen molar-refractivity contribution in [3.8, 4) is 0 Å². The van der Waals surface area contributed by atoms with E-state index in [0.717, 1.165) is 55.0 Å². The number of carbonyl (C=O) groups excluding carboxylic acids is 1. The zero-order valence-electron chi connectivity index (χ0n) is 18.9. The molecule has 1 aliphatic rings. The second-order valence-electron chi connectivity index (χ2n) is 8.08. The van der Waals surface area contributed by atoms with Gasteiger partial charge in [-0.15, -0.1) is 0 Å². The Morgan fingerprint density at radius 3 is 2.42 bits per heavy atom. The van der Waals surface area contributed by atoms with Crippen molar-refractivity contribution >= 4 is 18.4 Å². The number of ketones is 1. The van der Waals surface area contributed by atoms with Crippen molar-refractivity contribution < 1.29 is 18.4 Å². The number of methoxy groups -OCH3 is 1. The Kier molecular flexibility index (Phi) is 9.99. The third-order valence-corrected chi connectivity index (χ3v) is 5.72. The predicted molar refractivity (Wildman–Crippen MR) is 128 cm³/mol. The van der Waals surface area contributed by atoms with Gasteiger partial charge in [0.2, 0.25) is 0 Å². The molecule has 1 unspecified atom stereocenters. The fourth-order valence-corrected chi connectivity index (χ4v) is 4.14. The molecule has 0 aromatic carbocycles. The van der Waals surface area contributed by atoms with Crippen LogP contribution < -0.4 is 0 Å². The lowest BCUT2D eigenvalue weighted by molar-refractivity contribution is -0.118. The fraction of sp³-hybridized carbons (Fsp3) is 0.423. The molecule has 2 aromatic rings. The van der Waals surface area contributed by atoms with Crippen LogP contribution in [-0.2, 0) is 22.4 Å². The Morgan fingerprint density at radius 2 is 1.84 bits per heavy atom. The number of Topliss-reactive ketones (excluding diaryl/α,β-unsaturated/α-hetero) is 1. The van der Waals surface area contributed by atoms with E-state index in [1.807, 2.05) is 30.3 Å². The first kappa shape index (κ1) is 24.9. The smallest absolute Gasteiger partial charge is 0.159 e. The molecule has 0 fully saturated rings. The van der Waals surface area contributed by atoms with Crippen LogP contribution in [0.2, 0.25) is 0 Å². The molecule has 0 amide bonds. The molecule has 3 rings (SSSR count). The van der Waals surface area contributed by atoms with E-state index < -0.39 is 0 Å². The number of furan rings is 2. The summed E-state index contributed by atoms with van der Waals surface area (Å²) in [7, 11) is 1.68. The standard InChI is InChI=1S/C25H30O4.CH4S/c1-4-7-20(27-3)12-13-25(2)17-19(10-11-21-8-5-14-28-21)23(24(26)18-25)16-22-9-6-15-29-22;1-2/h4-9,14-15H,1,10-13,16-18H2,2-3H3;2H,1H3/b20-7-;. The zero-order valence-corrected chi connectivity index (χ0v) is 19.8. The number of thiol groups is 1. The van der Waals surface area contributed by atoms with Gasteiger partial charge in [-0.1, -0.05) is 25.2 Å². The van der Waals surface area contributed by atoms with Crippen LogP contribution in [0, 0.1) is 5.41 Å². The van der Waals surface area contributed by atoms with E-state index >= 15 is 0 Å². The van der Waals surface area contributed by atoms with Gasteiger partial charge < -0.3 is 13.6 Å². The number of allylic oxidation sites excluding steroid dienone is 5. The van der Waals surface area contributed by atoms with Gasteiger partial charge in [-0.25, -0.2) is 0 Å². The molecule has 0 saturated carbocycles. The second-order valence-corrected chi connectivity index (χ2v) is 8.08. The molecule has 2 aromatic heterocycles. The van der Waals surface area contributed by atoms with E-state index in [1.165, 1.54) is 5.57 Å². The molecule has 0 radical (unpaired) electrons. The molecular formula is C26H34O4S. The molecule has 5 heteroatoms. The first-order valence-electron chi connectivity index (χ1n) is 10.6. The SMILES string of the molecule is C=C/C=C(/CCC1(C)CC(=O)C(Cc2ccco2)=C(CCc2ccco2)C1)OC.CS. The Morgan fingerprint density at radius 1 is 1.16 bits per heavy atom. The lowest BCUT2D eigenvalue weighted by Crippen LogP contribution is -2.29. The van der Waals surface area contributed by atoms with Crippen molar-refractivity contribution in [2.24, 2.45) is 5.41 Å². The molecule has 4 nitrogen and oxygen atoms in total. The highest BCUT2D eigenvalue weighted by Gasteiger charge is 2.36. The van der Waals surface area contributed by atoms with Crippen molar-refractivity contribution in [2.75, 3.05) is 13.4 Å². The van der Waals surface area contributed by atoms with Gasteiger partial charge >= 0.3 is 0 Å². The number of hydrogen-bond acceptors (Lipinski definition) is 5. The largest absolute Gasteiger partial charge is 0.501 e. The average Bonchev–Trinajstić information content (AvgIpc) is 3.47. The molecule has 1 atom stereocenters. The van der Waals surface area contributed by atoms with Gasteiger partial charge in [-0.3, -0.25) is 4.79 Å². The van der Waals surface area contributed by atoms with Crippen LogP contribution in [0.5, 0.6) is 0 Å². The molecular weight excluding hydrogens is 408 g/mol. The third kappa shape index (κ3) is 7.35. The normalized spacial score (nSPS) is 19.1. The minimum absolute atomic E-state index is 0.0823. The summed E-state index contributed by atoms with van der Waals surface area (Å²) in [5.41, 5.74) is 2.06. The van der Waals surface area contributed by atoms with Crippen molar-refractivity contribution in [1.29, 1.82) is 0 Å². The molecule has 168 valence electrons. The Hall–Kier alpha value is -2.40. The Bertz CT molecular complexity index is 875. The Labute approximate surface area is 191 Å². The van der Waals surface area contributed by atoms with Crippen molar-refractivity contribution in [2.45, 2.75) is 51.9 Å². The van der Waals surface area contributed by atoms with Crippen LogP contribution in [-0.4, -0.2) is 19.1 Å². The number of hydrogen-bond donors (Lipinski definition) is 1. The van der Waals surface area contributed by atoms with E-state index in [4.69, 9.17) is 13.6 Å². The maximum absolute atomic E-state index is 13.2. The number of rotatable bonds is 10. The highest BCUT2D eigenvalue weighted by molar-refractivity contribution is 7.79. The van der Waals surface area contributed by atoms with Crippen molar-refractivity contribution in [3.63, 3.8) is 0 Å². The van der Waals surface area contributed by atoms with E-state index in [-0.39, 0.29) is 11.2 Å². The average molecular weight is 443 g/mol. The van der Waals surface area contributed by atoms with Crippen molar-refractivity contribution in [1.82, 2.24) is 0 Å². The highest BCUT2D eigenvalue weighted by Crippen LogP contribution is 2.43. The molecule has 2 heterocycles. The monoisotopic (exact) mass is 442 g/mol. The lowest BCUT2D eigenvalue weighted by atomic mass is 9.68. The first-order chi connectivity index (χ1) is 15.0. The third-order valence-electron chi connectivity index (χ3n) is 5.72. The molecule has 1 aliphatic carbocycles. The Balaban J connectivity index is 0.00000166. The van der Waals surface area contributed by atoms with E-state index in [1.54, 1.807) is 32.0 Å². The van der Waals surface area contributed by atoms with Gasteiger partial charge in [0, 0.05) is 31.3 Å². The number of ether oxygens (including phenoxy) is 1. The van der Waals surface area contributed by atoms with Gasteiger partial charge in [0.1, 0.15) is 11.5 Å². The lowest BCUT2D eigenvalue weighted by Gasteiger charge is -2.36. The summed E-state index contributed by atoms with van der Waals surface area (Å²) in [4.78, 5) is 13.2. The molecule has 0 saturated heterocycles. The molecule has 0 aliphatic heterocycles. The zero-order chi connectivity index (χ0) is 22.7. The minimum Gasteiger partial charge on any atom is -0.501 e.